The van der Waals surface area contributed by atoms with Crippen LogP contribution in [-0.2, 0) is 15.8 Å². The predicted molar refractivity (Wildman–Crippen MR) is 152 cm³/mol. The first-order valence-corrected chi connectivity index (χ1v) is 14.7. The highest BCUT2D eigenvalue weighted by Gasteiger charge is 2.55. The van der Waals surface area contributed by atoms with E-state index < -0.39 is 53.5 Å². The Morgan fingerprint density at radius 1 is 1.11 bits per heavy atom. The summed E-state index contributed by atoms with van der Waals surface area (Å²) in [6.07, 6.45) is -0.00303. The molecule has 2 bridgehead atoms. The number of carbonyl (C=O) groups excluding carboxylic acids is 2. The third kappa shape index (κ3) is 5.79. The van der Waals surface area contributed by atoms with Crippen LogP contribution in [0, 0.1) is 29.5 Å². The molecule has 3 aliphatic carbocycles. The number of ether oxygens (including phenoxy) is 1. The Kier molecular flexibility index (Phi) is 7.89. The minimum Gasteiger partial charge on any atom is -0.496 e. The van der Waals surface area contributed by atoms with Crippen molar-refractivity contribution >= 4 is 23.2 Å². The van der Waals surface area contributed by atoms with Gasteiger partial charge in [0.15, 0.2) is 6.10 Å². The molecular weight excluding hydrogens is 582 g/mol. The van der Waals surface area contributed by atoms with E-state index in [0.717, 1.165) is 30.9 Å². The number of anilines is 1. The number of hydrogen-bond acceptors (Lipinski definition) is 6. The van der Waals surface area contributed by atoms with E-state index in [1.807, 2.05) is 0 Å². The van der Waals surface area contributed by atoms with Gasteiger partial charge >= 0.3 is 6.18 Å². The molecular formula is C32H33F4N3O5. The van der Waals surface area contributed by atoms with E-state index in [9.17, 15) is 32.3 Å². The number of aliphatic hydroxyl groups excluding tert-OH is 1. The Bertz CT molecular complexity index is 1530. The number of rotatable bonds is 8. The fourth-order valence-electron chi connectivity index (χ4n) is 6.73. The van der Waals surface area contributed by atoms with Gasteiger partial charge in [-0.1, -0.05) is 16.8 Å². The molecule has 3 fully saturated rings. The van der Waals surface area contributed by atoms with Crippen LogP contribution in [0.3, 0.4) is 0 Å². The molecule has 2 amide bonds. The van der Waals surface area contributed by atoms with E-state index in [-0.39, 0.29) is 23.1 Å². The van der Waals surface area contributed by atoms with Gasteiger partial charge in [-0.2, -0.15) is 13.2 Å². The van der Waals surface area contributed by atoms with Crippen LogP contribution in [0.4, 0.5) is 23.2 Å². The van der Waals surface area contributed by atoms with Crippen LogP contribution in [-0.4, -0.2) is 48.0 Å². The highest BCUT2D eigenvalue weighted by molar-refractivity contribution is 6.05. The molecule has 4 aliphatic rings. The van der Waals surface area contributed by atoms with Crippen LogP contribution >= 0.6 is 0 Å². The van der Waals surface area contributed by atoms with Crippen molar-refractivity contribution in [2.24, 2.45) is 28.8 Å². The number of allylic oxidation sites excluding steroid dienone is 1. The summed E-state index contributed by atoms with van der Waals surface area (Å²) >= 11 is 0. The van der Waals surface area contributed by atoms with Gasteiger partial charge in [-0.15, -0.1) is 0 Å². The van der Waals surface area contributed by atoms with Gasteiger partial charge < -0.3 is 25.3 Å². The molecule has 44 heavy (non-hydrogen) atoms. The fourth-order valence-corrected chi connectivity index (χ4v) is 6.73. The lowest BCUT2D eigenvalue weighted by atomic mass is 9.83. The molecule has 0 saturated heterocycles. The summed E-state index contributed by atoms with van der Waals surface area (Å²) in [5.74, 6) is -2.73. The van der Waals surface area contributed by atoms with Crippen molar-refractivity contribution in [2.75, 3.05) is 12.4 Å². The van der Waals surface area contributed by atoms with Crippen molar-refractivity contribution in [1.29, 1.82) is 0 Å². The Morgan fingerprint density at radius 3 is 2.52 bits per heavy atom. The molecule has 8 nitrogen and oxygen atoms in total. The average molecular weight is 616 g/mol. The summed E-state index contributed by atoms with van der Waals surface area (Å²) in [6, 6.07) is 6.75. The van der Waals surface area contributed by atoms with E-state index in [1.54, 1.807) is 25.1 Å². The number of alkyl halides is 3. The number of nitrogens with one attached hydrogen (secondary N) is 2. The van der Waals surface area contributed by atoms with Crippen LogP contribution in [0.2, 0.25) is 0 Å². The molecule has 1 aliphatic heterocycles. The first-order chi connectivity index (χ1) is 20.9. The third-order valence-electron chi connectivity index (χ3n) is 9.10. The fraction of sp³-hybridized carbons (Fsp3) is 0.469. The van der Waals surface area contributed by atoms with Crippen LogP contribution in [0.15, 0.2) is 53.2 Å². The Labute approximate surface area is 251 Å². The van der Waals surface area contributed by atoms with Crippen molar-refractivity contribution < 1.29 is 41.8 Å². The van der Waals surface area contributed by atoms with E-state index in [4.69, 9.17) is 9.57 Å². The molecule has 1 heterocycles. The largest absolute Gasteiger partial charge is 0.496 e. The monoisotopic (exact) mass is 615 g/mol. The number of methoxy groups -OCH3 is 1. The van der Waals surface area contributed by atoms with Gasteiger partial charge in [0.2, 0.25) is 5.91 Å². The Hall–Kier alpha value is -3.93. The highest BCUT2D eigenvalue weighted by Crippen LogP contribution is 2.54. The SMILES string of the molecule is COc1ccc(C2=NOC(C(C)O)C2)cc1C(=O)N[C@@H]1C2CCC(/C2=C/C2CC2)[C@@H]1C(=O)Nc1ccc(F)c(C(F)(F)F)c1. The Morgan fingerprint density at radius 2 is 1.86 bits per heavy atom. The van der Waals surface area contributed by atoms with Gasteiger partial charge in [0.05, 0.1) is 36.0 Å². The zero-order valence-corrected chi connectivity index (χ0v) is 24.2. The van der Waals surface area contributed by atoms with Gasteiger partial charge in [0, 0.05) is 29.6 Å². The minimum absolute atomic E-state index is 0.104. The lowest BCUT2D eigenvalue weighted by Gasteiger charge is -2.30. The second-order valence-electron chi connectivity index (χ2n) is 12.0. The lowest BCUT2D eigenvalue weighted by Crippen LogP contribution is -2.48. The maximum atomic E-state index is 13.9. The number of carbonyl (C=O) groups is 2. The normalized spacial score (nSPS) is 27.6. The number of halogens is 4. The van der Waals surface area contributed by atoms with Crippen LogP contribution in [0.1, 0.15) is 60.5 Å². The molecule has 0 radical (unpaired) electrons. The van der Waals surface area contributed by atoms with Crippen molar-refractivity contribution in [2.45, 2.75) is 63.5 Å². The second kappa shape index (κ2) is 11.5. The number of aliphatic hydroxyl groups is 1. The minimum atomic E-state index is -4.92. The smallest absolute Gasteiger partial charge is 0.419 e. The maximum absolute atomic E-state index is 13.9. The summed E-state index contributed by atoms with van der Waals surface area (Å²) in [7, 11) is 1.44. The van der Waals surface area contributed by atoms with Gasteiger partial charge in [0.25, 0.3) is 5.91 Å². The van der Waals surface area contributed by atoms with E-state index >= 15 is 0 Å². The number of nitrogens with zero attached hydrogens (tertiary/aromatic N) is 1. The quantitative estimate of drug-likeness (QED) is 0.270. The number of benzene rings is 2. The predicted octanol–water partition coefficient (Wildman–Crippen LogP) is 5.46. The van der Waals surface area contributed by atoms with Crippen molar-refractivity contribution in [3.05, 3.63) is 70.6 Å². The van der Waals surface area contributed by atoms with Gasteiger partial charge in [0.1, 0.15) is 11.6 Å². The number of hydrogen-bond donors (Lipinski definition) is 3. The van der Waals surface area contributed by atoms with Crippen molar-refractivity contribution in [3.8, 4) is 5.75 Å². The number of amides is 2. The maximum Gasteiger partial charge on any atom is 0.419 e. The second-order valence-corrected chi connectivity index (χ2v) is 12.0. The van der Waals surface area contributed by atoms with Crippen LogP contribution in [0.25, 0.3) is 0 Å². The first kappa shape index (κ1) is 30.1. The topological polar surface area (TPSA) is 109 Å². The van der Waals surface area contributed by atoms with Gasteiger partial charge in [-0.3, -0.25) is 9.59 Å². The lowest BCUT2D eigenvalue weighted by molar-refractivity contribution is -0.140. The molecule has 4 unspecified atom stereocenters. The van der Waals surface area contributed by atoms with E-state index in [0.29, 0.717) is 47.9 Å². The van der Waals surface area contributed by atoms with Crippen molar-refractivity contribution in [1.82, 2.24) is 5.32 Å². The Balaban J connectivity index is 1.27. The molecule has 234 valence electrons. The van der Waals surface area contributed by atoms with E-state index in [2.05, 4.69) is 21.9 Å². The van der Waals surface area contributed by atoms with Crippen LogP contribution in [0.5, 0.6) is 5.75 Å². The van der Waals surface area contributed by atoms with Gasteiger partial charge in [-0.05, 0) is 80.8 Å². The molecule has 6 rings (SSSR count). The molecule has 3 saturated carbocycles. The third-order valence-corrected chi connectivity index (χ3v) is 9.10. The number of fused-ring (bicyclic) bond motifs is 2. The summed E-state index contributed by atoms with van der Waals surface area (Å²) < 4.78 is 59.4. The zero-order chi connectivity index (χ0) is 31.3. The van der Waals surface area contributed by atoms with Crippen molar-refractivity contribution in [3.63, 3.8) is 0 Å². The standard InChI is InChI=1S/C32H33F4N3O5/c1-15(40)27-14-25(39-44-27)17-5-10-26(43-2)22(12-17)30(41)38-29-20-8-7-19(21(20)11-16-3-4-16)28(29)31(42)37-18-6-9-24(33)23(13-18)32(34,35)36/h5-6,9-13,15-16,19-20,27-29,40H,3-4,7-8,14H2,1-2H3,(H,37,42)(H,38,41)/b21-11-/t15?,19?,20?,27?,28-,29+/m0/s1. The molecule has 6 atom stereocenters. The van der Waals surface area contributed by atoms with E-state index in [1.165, 1.54) is 7.11 Å². The van der Waals surface area contributed by atoms with Gasteiger partial charge in [-0.25, -0.2) is 4.39 Å². The molecule has 12 heteroatoms. The molecule has 3 N–H and O–H groups in total. The highest BCUT2D eigenvalue weighted by atomic mass is 19.4. The summed E-state index contributed by atoms with van der Waals surface area (Å²) in [5, 5.41) is 19.6. The number of oxime groups is 1. The summed E-state index contributed by atoms with van der Waals surface area (Å²) in [5.41, 5.74) is 0.871. The molecule has 0 aromatic heterocycles. The van der Waals surface area contributed by atoms with Crippen LogP contribution < -0.4 is 15.4 Å². The summed E-state index contributed by atoms with van der Waals surface area (Å²) in [6.45, 7) is 1.61. The first-order valence-electron chi connectivity index (χ1n) is 14.7. The molecule has 0 spiro atoms. The molecule has 2 aromatic rings. The molecule has 2 aromatic carbocycles. The summed E-state index contributed by atoms with van der Waals surface area (Å²) in [4.78, 5) is 32.9. The average Bonchev–Trinajstić information content (AvgIpc) is 3.39. The zero-order valence-electron chi connectivity index (χ0n) is 24.2.